The lowest BCUT2D eigenvalue weighted by molar-refractivity contribution is -0.113. The molecule has 0 saturated carbocycles. The van der Waals surface area contributed by atoms with Gasteiger partial charge in [-0.05, 0) is 37.3 Å². The highest BCUT2D eigenvalue weighted by Gasteiger charge is 2.20. The smallest absolute Gasteiger partial charge is 0.234 e. The molecule has 0 saturated heterocycles. The molecule has 32 heavy (non-hydrogen) atoms. The lowest BCUT2D eigenvalue weighted by Crippen LogP contribution is -2.16. The van der Waals surface area contributed by atoms with Gasteiger partial charge in [0, 0.05) is 12.6 Å². The second kappa shape index (κ2) is 11.0. The Balaban J connectivity index is 1.68. The Morgan fingerprint density at radius 2 is 2.09 bits per heavy atom. The molecule has 7 nitrogen and oxygen atoms in total. The maximum absolute atomic E-state index is 13.2. The number of carbonyl (C=O) groups is 1. The molecule has 2 aromatic carbocycles. The van der Waals surface area contributed by atoms with Crippen molar-refractivity contribution in [3.63, 3.8) is 0 Å². The number of rotatable bonds is 10. The minimum absolute atomic E-state index is 0.0636. The molecule has 168 valence electrons. The van der Waals surface area contributed by atoms with Crippen LogP contribution in [-0.2, 0) is 11.3 Å². The number of aromatic nitrogens is 3. The Kier molecular flexibility index (Phi) is 8.13. The van der Waals surface area contributed by atoms with Crippen molar-refractivity contribution in [2.45, 2.75) is 24.7 Å². The summed E-state index contributed by atoms with van der Waals surface area (Å²) in [7, 11) is 1.59. The lowest BCUT2D eigenvalue weighted by atomic mass is 10.3. The molecule has 3 aromatic rings. The highest BCUT2D eigenvalue weighted by Crippen LogP contribution is 2.27. The van der Waals surface area contributed by atoms with Gasteiger partial charge in [-0.2, -0.15) is 0 Å². The molecule has 1 unspecified atom stereocenters. The number of benzene rings is 2. The number of anilines is 1. The highest BCUT2D eigenvalue weighted by atomic mass is 35.5. The third-order valence-corrected chi connectivity index (χ3v) is 5.59. The summed E-state index contributed by atoms with van der Waals surface area (Å²) >= 11 is 7.17. The van der Waals surface area contributed by atoms with E-state index in [0.717, 1.165) is 6.07 Å². The Morgan fingerprint density at radius 1 is 1.31 bits per heavy atom. The van der Waals surface area contributed by atoms with Crippen molar-refractivity contribution >= 4 is 35.0 Å². The maximum Gasteiger partial charge on any atom is 0.234 e. The van der Waals surface area contributed by atoms with Gasteiger partial charge < -0.3 is 14.8 Å². The summed E-state index contributed by atoms with van der Waals surface area (Å²) in [4.78, 5) is 12.3. The molecule has 3 rings (SSSR count). The number of carbonyl (C=O) groups excluding carboxylic acids is 1. The molecule has 1 N–H and O–H groups in total. The van der Waals surface area contributed by atoms with Gasteiger partial charge in [0.25, 0.3) is 0 Å². The summed E-state index contributed by atoms with van der Waals surface area (Å²) < 4.78 is 26.2. The predicted octanol–water partition coefficient (Wildman–Crippen LogP) is 5.14. The van der Waals surface area contributed by atoms with Gasteiger partial charge in [0.2, 0.25) is 5.91 Å². The molecule has 1 aromatic heterocycles. The van der Waals surface area contributed by atoms with Gasteiger partial charge in [0.15, 0.2) is 17.1 Å². The molecule has 1 amide bonds. The van der Waals surface area contributed by atoms with Crippen LogP contribution in [0, 0.1) is 5.82 Å². The Hall–Kier alpha value is -3.04. The third-order valence-electron chi connectivity index (χ3n) is 4.31. The number of allylic oxidation sites excluding steroid dienone is 1. The van der Waals surface area contributed by atoms with Gasteiger partial charge in [0.05, 0.1) is 23.6 Å². The van der Waals surface area contributed by atoms with Crippen LogP contribution in [0.4, 0.5) is 10.1 Å². The maximum atomic E-state index is 13.2. The molecular weight excluding hydrogens is 455 g/mol. The van der Waals surface area contributed by atoms with Crippen LogP contribution in [0.15, 0.2) is 60.3 Å². The molecule has 0 bridgehead atoms. The van der Waals surface area contributed by atoms with Crippen LogP contribution in [-0.4, -0.2) is 33.5 Å². The van der Waals surface area contributed by atoms with E-state index in [4.69, 9.17) is 21.1 Å². The van der Waals surface area contributed by atoms with Crippen molar-refractivity contribution in [1.29, 1.82) is 0 Å². The van der Waals surface area contributed by atoms with Crippen LogP contribution < -0.4 is 14.8 Å². The van der Waals surface area contributed by atoms with E-state index in [0.29, 0.717) is 34.7 Å². The Morgan fingerprint density at radius 3 is 2.81 bits per heavy atom. The second-order valence-corrected chi connectivity index (χ2v) is 7.99. The van der Waals surface area contributed by atoms with Gasteiger partial charge in [-0.25, -0.2) is 4.39 Å². The standard InChI is InChI=1S/C22H22ClFN4O3S/c1-4-10-28-21(14(2)31-17-7-5-6-16(12-17)30-3)26-27-22(28)32-13-20(29)25-19-9-8-15(24)11-18(19)23/h4-9,11-12,14H,1,10,13H2,2-3H3,(H,25,29). The summed E-state index contributed by atoms with van der Waals surface area (Å²) in [5.74, 6) is 1.20. The monoisotopic (exact) mass is 476 g/mol. The van der Waals surface area contributed by atoms with Crippen molar-refractivity contribution in [3.05, 3.63) is 71.8 Å². The first-order chi connectivity index (χ1) is 15.4. The first-order valence-electron chi connectivity index (χ1n) is 9.63. The number of nitrogens with zero attached hydrogens (tertiary/aromatic N) is 3. The van der Waals surface area contributed by atoms with Crippen LogP contribution in [0.5, 0.6) is 11.5 Å². The second-order valence-electron chi connectivity index (χ2n) is 6.64. The van der Waals surface area contributed by atoms with E-state index in [-0.39, 0.29) is 16.7 Å². The van der Waals surface area contributed by atoms with Crippen LogP contribution in [0.1, 0.15) is 18.9 Å². The third kappa shape index (κ3) is 6.02. The topological polar surface area (TPSA) is 78.3 Å². The molecule has 0 fully saturated rings. The summed E-state index contributed by atoms with van der Waals surface area (Å²) in [5.41, 5.74) is 0.340. The quantitative estimate of drug-likeness (QED) is 0.322. The number of hydrogen-bond donors (Lipinski definition) is 1. The van der Waals surface area contributed by atoms with Crippen LogP contribution in [0.2, 0.25) is 5.02 Å². The van der Waals surface area contributed by atoms with E-state index >= 15 is 0 Å². The first kappa shape index (κ1) is 23.6. The fourth-order valence-corrected chi connectivity index (χ4v) is 3.82. The molecule has 0 aliphatic rings. The van der Waals surface area contributed by atoms with Crippen LogP contribution in [0.25, 0.3) is 0 Å². The van der Waals surface area contributed by atoms with E-state index in [1.807, 2.05) is 29.7 Å². The van der Waals surface area contributed by atoms with E-state index in [2.05, 4.69) is 22.1 Å². The van der Waals surface area contributed by atoms with Gasteiger partial charge in [0.1, 0.15) is 17.3 Å². The molecule has 10 heteroatoms. The van der Waals surface area contributed by atoms with E-state index in [1.165, 1.54) is 23.9 Å². The number of methoxy groups -OCH3 is 1. The normalized spacial score (nSPS) is 11.6. The highest BCUT2D eigenvalue weighted by molar-refractivity contribution is 7.99. The fourth-order valence-electron chi connectivity index (χ4n) is 2.85. The Labute approximate surface area is 194 Å². The summed E-state index contributed by atoms with van der Waals surface area (Å²) in [6.45, 7) is 6.09. The van der Waals surface area contributed by atoms with Crippen molar-refractivity contribution in [2.75, 3.05) is 18.2 Å². The molecule has 0 aliphatic carbocycles. The van der Waals surface area contributed by atoms with E-state index in [9.17, 15) is 9.18 Å². The van der Waals surface area contributed by atoms with Gasteiger partial charge in [-0.3, -0.25) is 9.36 Å². The van der Waals surface area contributed by atoms with Crippen molar-refractivity contribution in [3.8, 4) is 11.5 Å². The summed E-state index contributed by atoms with van der Waals surface area (Å²) in [5, 5.41) is 11.8. The largest absolute Gasteiger partial charge is 0.497 e. The number of amides is 1. The average molecular weight is 477 g/mol. The number of hydrogen-bond acceptors (Lipinski definition) is 6. The Bertz CT molecular complexity index is 1110. The van der Waals surface area contributed by atoms with Crippen molar-refractivity contribution < 1.29 is 18.7 Å². The summed E-state index contributed by atoms with van der Waals surface area (Å²) in [6, 6.07) is 11.1. The zero-order chi connectivity index (χ0) is 23.1. The molecule has 1 heterocycles. The number of nitrogens with one attached hydrogen (secondary N) is 1. The molecule has 0 spiro atoms. The molecular formula is C22H22ClFN4O3S. The minimum atomic E-state index is -0.474. The van der Waals surface area contributed by atoms with Gasteiger partial charge >= 0.3 is 0 Å². The zero-order valence-corrected chi connectivity index (χ0v) is 19.1. The lowest BCUT2D eigenvalue weighted by Gasteiger charge is -2.16. The molecule has 1 atom stereocenters. The first-order valence-corrected chi connectivity index (χ1v) is 11.0. The number of thioether (sulfide) groups is 1. The van der Waals surface area contributed by atoms with E-state index < -0.39 is 11.9 Å². The number of halogens is 2. The average Bonchev–Trinajstić information content (AvgIpc) is 3.17. The fraction of sp³-hybridized carbons (Fsp3) is 0.227. The van der Waals surface area contributed by atoms with Crippen LogP contribution >= 0.6 is 23.4 Å². The van der Waals surface area contributed by atoms with Crippen molar-refractivity contribution in [1.82, 2.24) is 14.8 Å². The minimum Gasteiger partial charge on any atom is -0.497 e. The molecule has 0 radical (unpaired) electrons. The molecule has 0 aliphatic heterocycles. The van der Waals surface area contributed by atoms with Crippen molar-refractivity contribution in [2.24, 2.45) is 0 Å². The SMILES string of the molecule is C=CCn1c(SCC(=O)Nc2ccc(F)cc2Cl)nnc1C(C)Oc1cccc(OC)c1. The summed E-state index contributed by atoms with van der Waals surface area (Å²) in [6.07, 6.45) is 1.31. The predicted molar refractivity (Wildman–Crippen MR) is 123 cm³/mol. The van der Waals surface area contributed by atoms with Crippen LogP contribution in [0.3, 0.4) is 0 Å². The van der Waals surface area contributed by atoms with Gasteiger partial charge in [-0.1, -0.05) is 35.5 Å². The number of ether oxygens (including phenoxy) is 2. The van der Waals surface area contributed by atoms with E-state index in [1.54, 1.807) is 19.3 Å². The zero-order valence-electron chi connectivity index (χ0n) is 17.5. The van der Waals surface area contributed by atoms with Gasteiger partial charge in [-0.15, -0.1) is 16.8 Å².